The molecule has 0 amide bonds. The fourth-order valence-electron chi connectivity index (χ4n) is 1.17. The molecule has 0 saturated carbocycles. The van der Waals surface area contributed by atoms with Crippen LogP contribution in [-0.2, 0) is 4.79 Å². The molecule has 0 fully saturated rings. The third-order valence-electron chi connectivity index (χ3n) is 1.97. The van der Waals surface area contributed by atoms with Crippen molar-refractivity contribution in [2.75, 3.05) is 6.61 Å². The zero-order chi connectivity index (χ0) is 12.8. The van der Waals surface area contributed by atoms with Gasteiger partial charge in [0, 0.05) is 18.1 Å². The van der Waals surface area contributed by atoms with E-state index in [0.717, 1.165) is 0 Å². The molecule has 0 bridgehead atoms. The van der Waals surface area contributed by atoms with Crippen LogP contribution in [0.1, 0.15) is 19.3 Å². The Morgan fingerprint density at radius 2 is 2.06 bits per heavy atom. The lowest BCUT2D eigenvalue weighted by Crippen LogP contribution is -2.09. The lowest BCUT2D eigenvalue weighted by Gasteiger charge is -2.08. The van der Waals surface area contributed by atoms with Crippen LogP contribution >= 0.6 is 45.8 Å². The number of carbonyl (C=O) groups is 1. The topological polar surface area (TPSA) is 46.5 Å². The van der Waals surface area contributed by atoms with Gasteiger partial charge in [-0.15, -0.1) is 0 Å². The second-order valence-corrected chi connectivity index (χ2v) is 5.36. The highest BCUT2D eigenvalue weighted by molar-refractivity contribution is 14.1. The van der Waals surface area contributed by atoms with E-state index in [2.05, 4.69) is 0 Å². The minimum atomic E-state index is -0.361. The fraction of sp³-hybridized carbons (Fsp3) is 0.364. The Balaban J connectivity index is 2.65. The maximum absolute atomic E-state index is 11.5. The Morgan fingerprint density at radius 1 is 1.35 bits per heavy atom. The van der Waals surface area contributed by atoms with Gasteiger partial charge in [-0.05, 0) is 47.6 Å². The number of aliphatic hydroxyl groups is 1. The molecule has 0 spiro atoms. The van der Waals surface area contributed by atoms with Crippen LogP contribution in [0.2, 0.25) is 10.0 Å². The van der Waals surface area contributed by atoms with Crippen molar-refractivity contribution in [1.29, 1.82) is 0 Å². The molecule has 0 atom stereocenters. The quantitative estimate of drug-likeness (QED) is 0.362. The molecule has 0 aliphatic rings. The highest BCUT2D eigenvalue weighted by Gasteiger charge is 2.12. The van der Waals surface area contributed by atoms with Crippen molar-refractivity contribution in [2.45, 2.75) is 19.3 Å². The summed E-state index contributed by atoms with van der Waals surface area (Å²) in [5.41, 5.74) is 0. The fourth-order valence-corrected chi connectivity index (χ4v) is 2.78. The molecular formula is C11H11Cl2IO3. The first-order chi connectivity index (χ1) is 8.04. The Hall–Kier alpha value is -0.0400. The van der Waals surface area contributed by atoms with Crippen molar-refractivity contribution in [3.05, 3.63) is 25.7 Å². The molecule has 0 radical (unpaired) electrons. The first-order valence-electron chi connectivity index (χ1n) is 5.00. The molecular weight excluding hydrogens is 378 g/mol. The van der Waals surface area contributed by atoms with Gasteiger partial charge in [-0.2, -0.15) is 0 Å². The largest absolute Gasteiger partial charge is 0.424 e. The highest BCUT2D eigenvalue weighted by Crippen LogP contribution is 2.33. The molecule has 0 aromatic heterocycles. The molecule has 17 heavy (non-hydrogen) atoms. The van der Waals surface area contributed by atoms with E-state index in [0.29, 0.717) is 32.2 Å². The van der Waals surface area contributed by atoms with Gasteiger partial charge in [0.15, 0.2) is 5.75 Å². The monoisotopic (exact) mass is 388 g/mol. The van der Waals surface area contributed by atoms with Crippen molar-refractivity contribution < 1.29 is 14.6 Å². The second-order valence-electron chi connectivity index (χ2n) is 3.35. The van der Waals surface area contributed by atoms with Crippen molar-refractivity contribution in [3.63, 3.8) is 0 Å². The number of halogens is 3. The summed E-state index contributed by atoms with van der Waals surface area (Å²) in [6.45, 7) is 0.0759. The molecule has 0 heterocycles. The van der Waals surface area contributed by atoms with E-state index in [1.807, 2.05) is 22.6 Å². The summed E-state index contributed by atoms with van der Waals surface area (Å²) in [6.07, 6.45) is 1.44. The van der Waals surface area contributed by atoms with Crippen molar-refractivity contribution >= 4 is 51.8 Å². The van der Waals surface area contributed by atoms with E-state index in [4.69, 9.17) is 33.0 Å². The lowest BCUT2D eigenvalue weighted by molar-refractivity contribution is -0.134. The Morgan fingerprint density at radius 3 is 2.65 bits per heavy atom. The molecule has 1 aromatic rings. The summed E-state index contributed by atoms with van der Waals surface area (Å²) >= 11 is 13.7. The van der Waals surface area contributed by atoms with Crippen LogP contribution in [0.4, 0.5) is 0 Å². The zero-order valence-electron chi connectivity index (χ0n) is 8.88. The number of aliphatic hydroxyl groups excluding tert-OH is 1. The van der Waals surface area contributed by atoms with Crippen LogP contribution in [0.3, 0.4) is 0 Å². The van der Waals surface area contributed by atoms with Crippen LogP contribution in [0, 0.1) is 3.57 Å². The van der Waals surface area contributed by atoms with E-state index in [9.17, 15) is 4.79 Å². The summed E-state index contributed by atoms with van der Waals surface area (Å²) in [5, 5.41) is 9.42. The molecule has 0 unspecified atom stereocenters. The molecule has 3 nitrogen and oxygen atoms in total. The first kappa shape index (κ1) is 15.0. The van der Waals surface area contributed by atoms with E-state index < -0.39 is 0 Å². The maximum Gasteiger partial charge on any atom is 0.311 e. The molecule has 0 aliphatic heterocycles. The Bertz CT molecular complexity index is 387. The van der Waals surface area contributed by atoms with Gasteiger partial charge < -0.3 is 9.84 Å². The minimum Gasteiger partial charge on any atom is -0.424 e. The number of carbonyl (C=O) groups excluding carboxylic acids is 1. The maximum atomic E-state index is 11.5. The van der Waals surface area contributed by atoms with E-state index >= 15 is 0 Å². The van der Waals surface area contributed by atoms with E-state index in [-0.39, 0.29) is 19.0 Å². The van der Waals surface area contributed by atoms with Crippen LogP contribution in [0.25, 0.3) is 0 Å². The van der Waals surface area contributed by atoms with Gasteiger partial charge in [-0.25, -0.2) is 0 Å². The minimum absolute atomic E-state index is 0.0759. The van der Waals surface area contributed by atoms with E-state index in [1.165, 1.54) is 6.07 Å². The number of hydrogen-bond donors (Lipinski definition) is 1. The first-order valence-corrected chi connectivity index (χ1v) is 6.84. The standard InChI is InChI=1S/C11H11Cl2IO3/c12-7-5-8(13)11(9(14)6-7)17-10(16)3-1-2-4-15/h5-6,15H,1-4H2. The van der Waals surface area contributed by atoms with Gasteiger partial charge in [0.1, 0.15) is 0 Å². The zero-order valence-corrected chi connectivity index (χ0v) is 12.6. The average molecular weight is 389 g/mol. The van der Waals surface area contributed by atoms with Crippen molar-refractivity contribution in [2.24, 2.45) is 0 Å². The van der Waals surface area contributed by atoms with Crippen molar-refractivity contribution in [1.82, 2.24) is 0 Å². The van der Waals surface area contributed by atoms with Gasteiger partial charge >= 0.3 is 5.97 Å². The summed E-state index contributed by atoms with van der Waals surface area (Å²) in [4.78, 5) is 11.5. The van der Waals surface area contributed by atoms with E-state index in [1.54, 1.807) is 6.07 Å². The predicted molar refractivity (Wildman–Crippen MR) is 75.8 cm³/mol. The summed E-state index contributed by atoms with van der Waals surface area (Å²) in [7, 11) is 0. The van der Waals surface area contributed by atoms with Gasteiger partial charge in [0.2, 0.25) is 0 Å². The molecule has 1 aromatic carbocycles. The van der Waals surface area contributed by atoms with Crippen LogP contribution in [0.5, 0.6) is 5.75 Å². The third-order valence-corrected chi connectivity index (χ3v) is 3.27. The molecule has 0 aliphatic carbocycles. The number of unbranched alkanes of at least 4 members (excludes halogenated alkanes) is 1. The molecule has 1 N–H and O–H groups in total. The summed E-state index contributed by atoms with van der Waals surface area (Å²) in [5.74, 6) is -0.0220. The second kappa shape index (κ2) is 7.41. The molecule has 0 saturated heterocycles. The predicted octanol–water partition coefficient (Wildman–Crippen LogP) is 3.67. The highest BCUT2D eigenvalue weighted by atomic mass is 127. The third kappa shape index (κ3) is 4.99. The number of benzene rings is 1. The smallest absolute Gasteiger partial charge is 0.311 e. The van der Waals surface area contributed by atoms with Crippen LogP contribution in [-0.4, -0.2) is 17.7 Å². The number of ether oxygens (including phenoxy) is 1. The normalized spacial score (nSPS) is 10.4. The number of rotatable bonds is 5. The van der Waals surface area contributed by atoms with Crippen molar-refractivity contribution in [3.8, 4) is 5.75 Å². The van der Waals surface area contributed by atoms with Crippen LogP contribution in [0.15, 0.2) is 12.1 Å². The summed E-state index contributed by atoms with van der Waals surface area (Å²) < 4.78 is 5.85. The molecule has 6 heteroatoms. The Labute approximate surface area is 123 Å². The van der Waals surface area contributed by atoms with Gasteiger partial charge in [-0.1, -0.05) is 23.2 Å². The average Bonchev–Trinajstić information content (AvgIpc) is 2.24. The van der Waals surface area contributed by atoms with Gasteiger partial charge in [0.25, 0.3) is 0 Å². The summed E-state index contributed by atoms with van der Waals surface area (Å²) in [6, 6.07) is 3.20. The SMILES string of the molecule is O=C(CCCCO)Oc1c(Cl)cc(Cl)cc1I. The molecule has 1 rings (SSSR count). The number of esters is 1. The number of hydrogen-bond acceptors (Lipinski definition) is 3. The van der Waals surface area contributed by atoms with Crippen LogP contribution < -0.4 is 4.74 Å². The molecule has 94 valence electrons. The Kier molecular flexibility index (Phi) is 6.54. The van der Waals surface area contributed by atoms with Gasteiger partial charge in [-0.3, -0.25) is 4.79 Å². The van der Waals surface area contributed by atoms with Gasteiger partial charge in [0.05, 0.1) is 8.59 Å². The lowest BCUT2D eigenvalue weighted by atomic mass is 10.2.